The lowest BCUT2D eigenvalue weighted by molar-refractivity contribution is 0.315. The second-order valence-electron chi connectivity index (χ2n) is 4.73. The van der Waals surface area contributed by atoms with E-state index >= 15 is 0 Å². The third-order valence-electron chi connectivity index (χ3n) is 3.31. The summed E-state index contributed by atoms with van der Waals surface area (Å²) in [5, 5.41) is 2.98. The maximum absolute atomic E-state index is 13.5. The van der Waals surface area contributed by atoms with Gasteiger partial charge >= 0.3 is 0 Å². The summed E-state index contributed by atoms with van der Waals surface area (Å²) in [7, 11) is 0. The molecule has 0 saturated heterocycles. The van der Waals surface area contributed by atoms with Crippen LogP contribution in [0.1, 0.15) is 24.8 Å². The van der Waals surface area contributed by atoms with Crippen molar-refractivity contribution >= 4 is 45.9 Å². The monoisotopic (exact) mass is 459 g/mol. The predicted octanol–water partition coefficient (Wildman–Crippen LogP) is 3.55. The van der Waals surface area contributed by atoms with Crippen LogP contribution in [-0.2, 0) is 6.54 Å². The minimum Gasteiger partial charge on any atom is -0.370 e. The normalized spacial score (nSPS) is 15.4. The van der Waals surface area contributed by atoms with Crippen LogP contribution >= 0.6 is 39.9 Å². The summed E-state index contributed by atoms with van der Waals surface area (Å²) in [4.78, 5) is 3.96. The lowest BCUT2D eigenvalue weighted by Gasteiger charge is -2.25. The van der Waals surface area contributed by atoms with Gasteiger partial charge in [0.05, 0.1) is 6.54 Å². The van der Waals surface area contributed by atoms with Crippen molar-refractivity contribution < 1.29 is 8.78 Å². The number of hydrogen-bond acceptors (Lipinski definition) is 1. The first-order valence-electron chi connectivity index (χ1n) is 6.23. The predicted molar refractivity (Wildman–Crippen MR) is 90.1 cm³/mol. The largest absolute Gasteiger partial charge is 0.370 e. The summed E-state index contributed by atoms with van der Waals surface area (Å²) < 4.78 is 27.4. The number of benzene rings is 1. The van der Waals surface area contributed by atoms with Crippen molar-refractivity contribution in [1.29, 1.82) is 0 Å². The third-order valence-corrected chi connectivity index (χ3v) is 3.77. The summed E-state index contributed by atoms with van der Waals surface area (Å²) in [5.41, 5.74) is 5.59. The Morgan fingerprint density at radius 2 is 1.95 bits per heavy atom. The highest BCUT2D eigenvalue weighted by Gasteiger charge is 2.17. The zero-order chi connectivity index (χ0) is 13.8. The van der Waals surface area contributed by atoms with Crippen molar-refractivity contribution in [2.45, 2.75) is 25.8 Å². The van der Waals surface area contributed by atoms with Gasteiger partial charge in [-0.3, -0.25) is 0 Å². The van der Waals surface area contributed by atoms with Crippen LogP contribution in [0, 0.1) is 17.6 Å². The van der Waals surface area contributed by atoms with Crippen molar-refractivity contribution in [2.24, 2.45) is 16.6 Å². The van der Waals surface area contributed by atoms with E-state index in [-0.39, 0.29) is 42.0 Å². The molecule has 0 bridgehead atoms. The maximum Gasteiger partial charge on any atom is 0.188 e. The van der Waals surface area contributed by atoms with Crippen molar-refractivity contribution in [3.05, 3.63) is 33.8 Å². The van der Waals surface area contributed by atoms with Crippen molar-refractivity contribution in [2.75, 3.05) is 6.54 Å². The van der Waals surface area contributed by atoms with Gasteiger partial charge in [-0.05, 0) is 30.9 Å². The van der Waals surface area contributed by atoms with Crippen LogP contribution in [0.5, 0.6) is 0 Å². The van der Waals surface area contributed by atoms with E-state index in [0.717, 1.165) is 6.54 Å². The molecular weight excluding hydrogens is 443 g/mol. The molecule has 1 aliphatic rings. The summed E-state index contributed by atoms with van der Waals surface area (Å²) in [6.07, 6.45) is 3.67. The molecule has 0 spiro atoms. The van der Waals surface area contributed by atoms with E-state index in [0.29, 0.717) is 10.4 Å². The second kappa shape index (κ2) is 8.11. The molecule has 7 heteroatoms. The summed E-state index contributed by atoms with van der Waals surface area (Å²) in [6, 6.07) is 2.43. The van der Waals surface area contributed by atoms with Gasteiger partial charge in [-0.2, -0.15) is 0 Å². The average molecular weight is 460 g/mol. The topological polar surface area (TPSA) is 50.4 Å². The molecule has 0 unspecified atom stereocenters. The van der Waals surface area contributed by atoms with E-state index in [1.165, 1.54) is 31.4 Å². The van der Waals surface area contributed by atoms with E-state index in [1.54, 1.807) is 0 Å². The molecule has 20 heavy (non-hydrogen) atoms. The number of aliphatic imine (C=N–C) groups is 1. The van der Waals surface area contributed by atoms with E-state index in [9.17, 15) is 8.78 Å². The number of nitrogens with two attached hydrogens (primary N) is 1. The lowest BCUT2D eigenvalue weighted by atomic mass is 9.85. The number of nitrogens with zero attached hydrogens (tertiary/aromatic N) is 1. The number of nitrogens with one attached hydrogen (secondary N) is 1. The van der Waals surface area contributed by atoms with Crippen molar-refractivity contribution in [3.8, 4) is 0 Å². The van der Waals surface area contributed by atoms with Crippen LogP contribution < -0.4 is 11.1 Å². The molecule has 1 saturated carbocycles. The van der Waals surface area contributed by atoms with Crippen LogP contribution in [0.4, 0.5) is 8.78 Å². The van der Waals surface area contributed by atoms with Crippen molar-refractivity contribution in [1.82, 2.24) is 5.32 Å². The molecular formula is C13H17BrF2IN3. The molecule has 0 amide bonds. The van der Waals surface area contributed by atoms with E-state index in [1.807, 2.05) is 0 Å². The van der Waals surface area contributed by atoms with Crippen LogP contribution in [0.15, 0.2) is 21.6 Å². The fourth-order valence-electron chi connectivity index (χ4n) is 1.89. The first-order valence-corrected chi connectivity index (χ1v) is 7.03. The van der Waals surface area contributed by atoms with Gasteiger partial charge in [0.2, 0.25) is 0 Å². The van der Waals surface area contributed by atoms with Gasteiger partial charge in [0.25, 0.3) is 0 Å². The average Bonchev–Trinajstić information content (AvgIpc) is 2.25. The summed E-state index contributed by atoms with van der Waals surface area (Å²) >= 11 is 3.03. The van der Waals surface area contributed by atoms with Gasteiger partial charge in [0.15, 0.2) is 5.96 Å². The van der Waals surface area contributed by atoms with E-state index in [4.69, 9.17) is 5.73 Å². The molecule has 1 aliphatic carbocycles. The smallest absolute Gasteiger partial charge is 0.188 e. The van der Waals surface area contributed by atoms with Gasteiger partial charge in [-0.1, -0.05) is 22.4 Å². The zero-order valence-corrected chi connectivity index (χ0v) is 14.8. The van der Waals surface area contributed by atoms with Gasteiger partial charge in [0.1, 0.15) is 11.6 Å². The Labute approximate surface area is 142 Å². The quantitative estimate of drug-likeness (QED) is 0.411. The van der Waals surface area contributed by atoms with Gasteiger partial charge in [-0.25, -0.2) is 13.8 Å². The fraction of sp³-hybridized carbons (Fsp3) is 0.462. The minimum absolute atomic E-state index is 0. The number of rotatable bonds is 4. The molecule has 0 heterocycles. The van der Waals surface area contributed by atoms with Crippen LogP contribution in [0.3, 0.4) is 0 Å². The molecule has 0 radical (unpaired) electrons. The molecule has 2 rings (SSSR count). The molecule has 1 aromatic rings. The fourth-order valence-corrected chi connectivity index (χ4v) is 2.29. The second-order valence-corrected chi connectivity index (χ2v) is 5.64. The minimum atomic E-state index is -0.623. The first-order chi connectivity index (χ1) is 9.06. The Hall–Kier alpha value is -0.440. The highest BCUT2D eigenvalue weighted by Crippen LogP contribution is 2.25. The first kappa shape index (κ1) is 17.6. The van der Waals surface area contributed by atoms with Gasteiger partial charge in [0, 0.05) is 16.6 Å². The standard InChI is InChI=1S/C13H16BrF2N3.HI/c14-9-4-11(15)10(12(16)5-9)7-19-13(17)18-6-8-2-1-3-8;/h4-5,8H,1-3,6-7H2,(H3,17,18,19);1H. The molecule has 1 fully saturated rings. The van der Waals surface area contributed by atoms with E-state index in [2.05, 4.69) is 26.2 Å². The number of halogens is 4. The van der Waals surface area contributed by atoms with Crippen LogP contribution in [-0.4, -0.2) is 12.5 Å². The Kier molecular flexibility index (Phi) is 7.14. The molecule has 0 atom stereocenters. The number of hydrogen-bond donors (Lipinski definition) is 2. The lowest BCUT2D eigenvalue weighted by Crippen LogP contribution is -2.37. The molecule has 3 nitrogen and oxygen atoms in total. The van der Waals surface area contributed by atoms with Gasteiger partial charge < -0.3 is 11.1 Å². The third kappa shape index (κ3) is 4.83. The van der Waals surface area contributed by atoms with E-state index < -0.39 is 11.6 Å². The highest BCUT2D eigenvalue weighted by atomic mass is 127. The molecule has 1 aromatic carbocycles. The summed E-state index contributed by atoms with van der Waals surface area (Å²) in [6.45, 7) is 0.676. The SMILES string of the molecule is I.NC(=NCc1c(F)cc(Br)cc1F)NCC1CCC1. The molecule has 0 aromatic heterocycles. The summed E-state index contributed by atoms with van der Waals surface area (Å²) in [5.74, 6) is -0.367. The molecule has 0 aliphatic heterocycles. The number of guanidine groups is 1. The zero-order valence-electron chi connectivity index (χ0n) is 10.8. The molecule has 112 valence electrons. The highest BCUT2D eigenvalue weighted by molar-refractivity contribution is 14.0. The van der Waals surface area contributed by atoms with Gasteiger partial charge in [-0.15, -0.1) is 24.0 Å². The molecule has 3 N–H and O–H groups in total. The Morgan fingerprint density at radius 3 is 2.45 bits per heavy atom. The Balaban J connectivity index is 0.00000200. The van der Waals surface area contributed by atoms with Crippen LogP contribution in [0.2, 0.25) is 0 Å². The van der Waals surface area contributed by atoms with Crippen LogP contribution in [0.25, 0.3) is 0 Å². The Bertz CT molecular complexity index is 469. The van der Waals surface area contributed by atoms with Crippen molar-refractivity contribution in [3.63, 3.8) is 0 Å². The Morgan fingerprint density at radius 1 is 1.35 bits per heavy atom. The maximum atomic E-state index is 13.5.